The molecule has 3 N–H and O–H groups in total. The van der Waals surface area contributed by atoms with Crippen LogP contribution >= 0.6 is 11.6 Å². The van der Waals surface area contributed by atoms with Gasteiger partial charge in [0, 0.05) is 23.4 Å². The molecule has 1 amide bonds. The number of benzene rings is 1. The molecule has 102 valence electrons. The molecule has 0 bridgehead atoms. The molecule has 1 aliphatic rings. The molecular weight excluding hydrogens is 262 g/mol. The maximum absolute atomic E-state index is 11.1. The van der Waals surface area contributed by atoms with Crippen molar-refractivity contribution < 1.29 is 4.79 Å². The number of hydrazone groups is 1. The number of carbonyl (C=O) groups excluding carboxylic acids is 1. The number of unbranched alkanes of at least 4 members (excludes halogenated alkanes) is 1. The van der Waals surface area contributed by atoms with Gasteiger partial charge in [0.15, 0.2) is 0 Å². The van der Waals surface area contributed by atoms with Crippen molar-refractivity contribution in [2.75, 3.05) is 6.54 Å². The first-order chi connectivity index (χ1) is 9.20. The van der Waals surface area contributed by atoms with E-state index in [2.05, 4.69) is 16.6 Å². The van der Waals surface area contributed by atoms with Gasteiger partial charge in [0.1, 0.15) is 0 Å². The lowest BCUT2D eigenvalue weighted by Crippen LogP contribution is -2.26. The highest BCUT2D eigenvalue weighted by Gasteiger charge is 2.15. The maximum Gasteiger partial charge on any atom is 0.240 e. The van der Waals surface area contributed by atoms with Gasteiger partial charge in [0.25, 0.3) is 0 Å². The highest BCUT2D eigenvalue weighted by Crippen LogP contribution is 2.22. The van der Waals surface area contributed by atoms with Gasteiger partial charge in [-0.15, -0.1) is 0 Å². The molecule has 2 rings (SSSR count). The second kappa shape index (κ2) is 6.68. The minimum Gasteiger partial charge on any atom is -0.330 e. The molecule has 0 radical (unpaired) electrons. The minimum atomic E-state index is -0.0426. The second-order valence-corrected chi connectivity index (χ2v) is 5.06. The third-order valence-electron chi connectivity index (χ3n) is 3.17. The second-order valence-electron chi connectivity index (χ2n) is 4.65. The Morgan fingerprint density at radius 3 is 2.84 bits per heavy atom. The molecule has 0 aromatic heterocycles. The Balaban J connectivity index is 2.15. The largest absolute Gasteiger partial charge is 0.330 e. The lowest BCUT2D eigenvalue weighted by atomic mass is 9.99. The first-order valence-electron chi connectivity index (χ1n) is 6.55. The Morgan fingerprint density at radius 2 is 2.16 bits per heavy atom. The van der Waals surface area contributed by atoms with Crippen LogP contribution in [0.4, 0.5) is 0 Å². The van der Waals surface area contributed by atoms with Crippen LogP contribution in [0.15, 0.2) is 23.3 Å². The maximum atomic E-state index is 11.1. The number of halogens is 1. The Kier molecular flexibility index (Phi) is 4.93. The molecule has 0 unspecified atom stereocenters. The van der Waals surface area contributed by atoms with Crippen molar-refractivity contribution in [3.63, 3.8) is 0 Å². The molecule has 0 fully saturated rings. The Bertz CT molecular complexity index is 499. The van der Waals surface area contributed by atoms with Gasteiger partial charge in [0.05, 0.1) is 5.71 Å². The van der Waals surface area contributed by atoms with Crippen molar-refractivity contribution in [1.29, 1.82) is 0 Å². The number of aryl methyl sites for hydroxylation is 1. The number of hydrogen-bond acceptors (Lipinski definition) is 3. The molecule has 0 atom stereocenters. The summed E-state index contributed by atoms with van der Waals surface area (Å²) in [5, 5.41) is 4.77. The van der Waals surface area contributed by atoms with E-state index in [0.717, 1.165) is 37.1 Å². The molecule has 0 spiro atoms. The first kappa shape index (κ1) is 14.0. The van der Waals surface area contributed by atoms with Crippen LogP contribution in [0.1, 0.15) is 36.8 Å². The molecule has 0 saturated heterocycles. The van der Waals surface area contributed by atoms with E-state index in [0.29, 0.717) is 17.9 Å². The predicted octanol–water partition coefficient (Wildman–Crippen LogP) is 2.24. The summed E-state index contributed by atoms with van der Waals surface area (Å²) >= 11 is 6.21. The monoisotopic (exact) mass is 279 g/mol. The summed E-state index contributed by atoms with van der Waals surface area (Å²) in [5.41, 5.74) is 11.0. The summed E-state index contributed by atoms with van der Waals surface area (Å²) < 4.78 is 0. The van der Waals surface area contributed by atoms with Gasteiger partial charge in [-0.3, -0.25) is 4.79 Å². The molecule has 0 aliphatic carbocycles. The van der Waals surface area contributed by atoms with Crippen LogP contribution in [-0.2, 0) is 11.2 Å². The average Bonchev–Trinajstić information content (AvgIpc) is 2.42. The summed E-state index contributed by atoms with van der Waals surface area (Å²) in [6.45, 7) is 0.721. The number of hydrogen-bond donors (Lipinski definition) is 2. The number of nitrogens with zero attached hydrogens (tertiary/aromatic N) is 1. The van der Waals surface area contributed by atoms with E-state index in [1.54, 1.807) is 0 Å². The van der Waals surface area contributed by atoms with Crippen LogP contribution in [0.5, 0.6) is 0 Å². The first-order valence-corrected chi connectivity index (χ1v) is 6.93. The Morgan fingerprint density at radius 1 is 1.32 bits per heavy atom. The van der Waals surface area contributed by atoms with Gasteiger partial charge < -0.3 is 5.73 Å². The Labute approximate surface area is 118 Å². The van der Waals surface area contributed by atoms with Crippen LogP contribution < -0.4 is 11.2 Å². The quantitative estimate of drug-likeness (QED) is 0.812. The van der Waals surface area contributed by atoms with E-state index < -0.39 is 0 Å². The van der Waals surface area contributed by atoms with Gasteiger partial charge in [-0.1, -0.05) is 17.7 Å². The normalized spacial score (nSPS) is 15.1. The van der Waals surface area contributed by atoms with E-state index in [1.165, 1.54) is 5.56 Å². The third-order valence-corrected chi connectivity index (χ3v) is 3.50. The number of nitrogens with one attached hydrogen (secondary N) is 1. The lowest BCUT2D eigenvalue weighted by molar-refractivity contribution is -0.121. The standard InChI is InChI=1S/C14H18ClN3O/c15-12-5-4-10(3-1-2-8-16)9-11(12)13-6-7-14(19)18-17-13/h4-5,9H,1-3,6-8,16H2,(H,18,19). The van der Waals surface area contributed by atoms with Crippen molar-refractivity contribution in [2.24, 2.45) is 10.8 Å². The highest BCUT2D eigenvalue weighted by molar-refractivity contribution is 6.34. The van der Waals surface area contributed by atoms with Crippen LogP contribution in [0.25, 0.3) is 0 Å². The lowest BCUT2D eigenvalue weighted by Gasteiger charge is -2.14. The van der Waals surface area contributed by atoms with Crippen LogP contribution in [0.2, 0.25) is 5.02 Å². The Hall–Kier alpha value is -1.39. The smallest absolute Gasteiger partial charge is 0.240 e. The topological polar surface area (TPSA) is 67.5 Å². The highest BCUT2D eigenvalue weighted by atomic mass is 35.5. The van der Waals surface area contributed by atoms with Crippen LogP contribution in [-0.4, -0.2) is 18.2 Å². The van der Waals surface area contributed by atoms with Crippen LogP contribution in [0, 0.1) is 0 Å². The number of amides is 1. The molecule has 1 aliphatic heterocycles. The number of rotatable bonds is 5. The number of carbonyl (C=O) groups is 1. The molecule has 0 saturated carbocycles. The van der Waals surface area contributed by atoms with E-state index in [9.17, 15) is 4.79 Å². The van der Waals surface area contributed by atoms with Crippen molar-refractivity contribution in [3.05, 3.63) is 34.3 Å². The van der Waals surface area contributed by atoms with Crippen molar-refractivity contribution in [3.8, 4) is 0 Å². The third kappa shape index (κ3) is 3.78. The fourth-order valence-electron chi connectivity index (χ4n) is 2.09. The van der Waals surface area contributed by atoms with E-state index in [4.69, 9.17) is 17.3 Å². The van der Waals surface area contributed by atoms with Gasteiger partial charge >= 0.3 is 0 Å². The molecule has 19 heavy (non-hydrogen) atoms. The van der Waals surface area contributed by atoms with Gasteiger partial charge in [0.2, 0.25) is 5.91 Å². The minimum absolute atomic E-state index is 0.0426. The number of nitrogens with two attached hydrogens (primary N) is 1. The molecular formula is C14H18ClN3O. The molecule has 5 heteroatoms. The van der Waals surface area contributed by atoms with Gasteiger partial charge in [-0.05, 0) is 43.5 Å². The molecule has 1 heterocycles. The van der Waals surface area contributed by atoms with E-state index in [1.807, 2.05) is 12.1 Å². The SMILES string of the molecule is NCCCCc1ccc(Cl)c(C2=NNC(=O)CC2)c1. The molecule has 4 nitrogen and oxygen atoms in total. The van der Waals surface area contributed by atoms with Gasteiger partial charge in [-0.25, -0.2) is 5.43 Å². The summed E-state index contributed by atoms with van der Waals surface area (Å²) in [6, 6.07) is 5.99. The van der Waals surface area contributed by atoms with Crippen molar-refractivity contribution in [1.82, 2.24) is 5.43 Å². The molecule has 1 aromatic carbocycles. The van der Waals surface area contributed by atoms with Gasteiger partial charge in [-0.2, -0.15) is 5.10 Å². The summed E-state index contributed by atoms with van der Waals surface area (Å²) in [5.74, 6) is -0.0426. The zero-order chi connectivity index (χ0) is 13.7. The fourth-order valence-corrected chi connectivity index (χ4v) is 2.32. The summed E-state index contributed by atoms with van der Waals surface area (Å²) in [4.78, 5) is 11.1. The van der Waals surface area contributed by atoms with E-state index >= 15 is 0 Å². The fraction of sp³-hybridized carbons (Fsp3) is 0.429. The zero-order valence-electron chi connectivity index (χ0n) is 10.8. The predicted molar refractivity (Wildman–Crippen MR) is 77.4 cm³/mol. The van der Waals surface area contributed by atoms with Crippen molar-refractivity contribution in [2.45, 2.75) is 32.1 Å². The van der Waals surface area contributed by atoms with Crippen molar-refractivity contribution >= 4 is 23.2 Å². The summed E-state index contributed by atoms with van der Waals surface area (Å²) in [7, 11) is 0. The van der Waals surface area contributed by atoms with E-state index in [-0.39, 0.29) is 5.91 Å². The molecule has 1 aromatic rings. The van der Waals surface area contributed by atoms with Crippen LogP contribution in [0.3, 0.4) is 0 Å². The average molecular weight is 280 g/mol. The summed E-state index contributed by atoms with van der Waals surface area (Å²) in [6.07, 6.45) is 4.18. The zero-order valence-corrected chi connectivity index (χ0v) is 11.5.